The number of likely N-dealkylation sites (N-methyl/N-ethyl adjacent to an activating group) is 1. The number of carboxylic acids is 1. The van der Waals surface area contributed by atoms with Gasteiger partial charge in [-0.1, -0.05) is 30.1 Å². The zero-order valence-electron chi connectivity index (χ0n) is 17.9. The normalized spacial score (nSPS) is 14.8. The van der Waals surface area contributed by atoms with Gasteiger partial charge in [0.05, 0.1) is 17.8 Å². The van der Waals surface area contributed by atoms with Crippen LogP contribution >= 0.6 is 23.2 Å². The lowest BCUT2D eigenvalue weighted by molar-refractivity contribution is -0.104. The van der Waals surface area contributed by atoms with E-state index in [0.29, 0.717) is 39.0 Å². The minimum absolute atomic E-state index is 0.143. The molecule has 0 bridgehead atoms. The van der Waals surface area contributed by atoms with Crippen molar-refractivity contribution < 1.29 is 34.7 Å². The molecule has 3 aromatic rings. The van der Waals surface area contributed by atoms with E-state index >= 15 is 0 Å². The molecule has 9 nitrogen and oxygen atoms in total. The van der Waals surface area contributed by atoms with Gasteiger partial charge in [-0.2, -0.15) is 0 Å². The number of hydrogen-bond donors (Lipinski definition) is 6. The standard InChI is InChI=1S/C14H7Cl2NO3.C8H19NO4/c15-9-3-8(4-10(16)6-9)13-17-11-2-1-7(14(18)19)5-12(11)20-13;1-3-5(10)7(12)8(13)6(11)4-9-2/h1-6H,(H,18,19);5-13H,3-4H2,1-2H3/t;5-,6+,7-,8-/m.1/s1. The fourth-order valence-corrected chi connectivity index (χ4v) is 3.41. The first-order chi connectivity index (χ1) is 15.6. The molecule has 33 heavy (non-hydrogen) atoms. The van der Waals surface area contributed by atoms with E-state index in [4.69, 9.17) is 32.7 Å². The lowest BCUT2D eigenvalue weighted by Gasteiger charge is -2.25. The van der Waals surface area contributed by atoms with E-state index in [9.17, 15) is 25.2 Å². The Morgan fingerprint density at radius 2 is 1.64 bits per heavy atom. The number of carbonyl (C=O) groups is 1. The van der Waals surface area contributed by atoms with Crippen molar-refractivity contribution in [2.24, 2.45) is 0 Å². The molecule has 2 aromatic carbocycles. The minimum Gasteiger partial charge on any atom is -0.478 e. The molecule has 0 fully saturated rings. The summed E-state index contributed by atoms with van der Waals surface area (Å²) >= 11 is 11.9. The highest BCUT2D eigenvalue weighted by Crippen LogP contribution is 2.29. The van der Waals surface area contributed by atoms with Crippen molar-refractivity contribution in [3.05, 3.63) is 52.0 Å². The van der Waals surface area contributed by atoms with Crippen LogP contribution in [-0.2, 0) is 0 Å². The van der Waals surface area contributed by atoms with Gasteiger partial charge in [-0.25, -0.2) is 9.78 Å². The summed E-state index contributed by atoms with van der Waals surface area (Å²) in [5.74, 6) is -0.678. The molecule has 180 valence electrons. The number of halogens is 2. The smallest absolute Gasteiger partial charge is 0.335 e. The van der Waals surface area contributed by atoms with Gasteiger partial charge in [0, 0.05) is 22.2 Å². The first-order valence-electron chi connectivity index (χ1n) is 10.0. The highest BCUT2D eigenvalue weighted by molar-refractivity contribution is 6.35. The molecular weight excluding hydrogens is 475 g/mol. The van der Waals surface area contributed by atoms with Gasteiger partial charge in [0.25, 0.3) is 0 Å². The molecule has 0 spiro atoms. The van der Waals surface area contributed by atoms with Crippen molar-refractivity contribution >= 4 is 40.3 Å². The SMILES string of the molecule is CC[C@@H](O)[C@@H](O)[C@H](O)[C@@H](O)CNC.O=C(O)c1ccc2nc(-c3cc(Cl)cc(Cl)c3)oc2c1. The molecule has 1 heterocycles. The van der Waals surface area contributed by atoms with Crippen molar-refractivity contribution in [1.29, 1.82) is 0 Å². The van der Waals surface area contributed by atoms with Gasteiger partial charge < -0.3 is 35.3 Å². The number of carboxylic acid groups (broad SMARTS) is 1. The number of aliphatic hydroxyl groups is 4. The van der Waals surface area contributed by atoms with Crippen molar-refractivity contribution in [3.63, 3.8) is 0 Å². The molecule has 0 saturated carbocycles. The third-order valence-electron chi connectivity index (χ3n) is 4.71. The highest BCUT2D eigenvalue weighted by Gasteiger charge is 2.28. The van der Waals surface area contributed by atoms with Gasteiger partial charge in [0.2, 0.25) is 5.89 Å². The number of fused-ring (bicyclic) bond motifs is 1. The molecule has 0 unspecified atom stereocenters. The second kappa shape index (κ2) is 12.3. The molecule has 11 heteroatoms. The number of aliphatic hydroxyl groups excluding tert-OH is 4. The Morgan fingerprint density at radius 3 is 2.18 bits per heavy atom. The summed E-state index contributed by atoms with van der Waals surface area (Å²) in [4.78, 5) is 15.2. The van der Waals surface area contributed by atoms with E-state index in [1.54, 1.807) is 38.2 Å². The highest BCUT2D eigenvalue weighted by atomic mass is 35.5. The van der Waals surface area contributed by atoms with Gasteiger partial charge in [-0.05, 0) is 49.9 Å². The van der Waals surface area contributed by atoms with Gasteiger partial charge in [0.15, 0.2) is 5.58 Å². The molecule has 6 N–H and O–H groups in total. The molecule has 0 aliphatic rings. The quantitative estimate of drug-likeness (QED) is 0.273. The zero-order chi connectivity index (χ0) is 24.7. The van der Waals surface area contributed by atoms with E-state index in [2.05, 4.69) is 10.3 Å². The van der Waals surface area contributed by atoms with Crippen LogP contribution in [0.3, 0.4) is 0 Å². The van der Waals surface area contributed by atoms with Crippen molar-refractivity contribution in [2.75, 3.05) is 13.6 Å². The number of nitrogens with zero attached hydrogens (tertiary/aromatic N) is 1. The number of rotatable bonds is 8. The Bertz CT molecular complexity index is 1060. The Hall–Kier alpha value is -2.24. The third kappa shape index (κ3) is 7.38. The number of aromatic nitrogens is 1. The van der Waals surface area contributed by atoms with Crippen molar-refractivity contribution in [1.82, 2.24) is 10.3 Å². The van der Waals surface area contributed by atoms with Crippen LogP contribution in [0.15, 0.2) is 40.8 Å². The molecule has 1 aromatic heterocycles. The summed E-state index contributed by atoms with van der Waals surface area (Å²) in [6, 6.07) is 9.46. The van der Waals surface area contributed by atoms with Gasteiger partial charge >= 0.3 is 5.97 Å². The fourth-order valence-electron chi connectivity index (χ4n) is 2.89. The Labute approximate surface area is 200 Å². The lowest BCUT2D eigenvalue weighted by Crippen LogP contribution is -2.47. The second-order valence-corrected chi connectivity index (χ2v) is 8.12. The van der Waals surface area contributed by atoms with Crippen LogP contribution in [0, 0.1) is 0 Å². The predicted molar refractivity (Wildman–Crippen MR) is 125 cm³/mol. The average Bonchev–Trinajstić information content (AvgIpc) is 3.21. The van der Waals surface area contributed by atoms with E-state index < -0.39 is 30.4 Å². The molecule has 0 aliphatic carbocycles. The predicted octanol–water partition coefficient (Wildman–Crippen LogP) is 2.56. The largest absolute Gasteiger partial charge is 0.478 e. The summed E-state index contributed by atoms with van der Waals surface area (Å²) < 4.78 is 5.56. The van der Waals surface area contributed by atoms with Crippen LogP contribution in [0.2, 0.25) is 10.0 Å². The first kappa shape index (κ1) is 27.0. The summed E-state index contributed by atoms with van der Waals surface area (Å²) in [6.45, 7) is 1.86. The summed E-state index contributed by atoms with van der Waals surface area (Å²) in [6.07, 6.45) is -4.34. The third-order valence-corrected chi connectivity index (χ3v) is 5.15. The average molecular weight is 501 g/mol. The van der Waals surface area contributed by atoms with Crippen molar-refractivity contribution in [3.8, 4) is 11.5 Å². The fraction of sp³-hybridized carbons (Fsp3) is 0.364. The van der Waals surface area contributed by atoms with E-state index in [1.165, 1.54) is 12.1 Å². The zero-order valence-corrected chi connectivity index (χ0v) is 19.5. The first-order valence-corrected chi connectivity index (χ1v) is 10.8. The molecule has 0 saturated heterocycles. The monoisotopic (exact) mass is 500 g/mol. The van der Waals surface area contributed by atoms with Crippen LogP contribution < -0.4 is 5.32 Å². The summed E-state index contributed by atoms with van der Waals surface area (Å²) in [7, 11) is 1.62. The maximum absolute atomic E-state index is 10.9. The Kier molecular flexibility index (Phi) is 10.1. The lowest BCUT2D eigenvalue weighted by atomic mass is 10.0. The van der Waals surface area contributed by atoms with Gasteiger partial charge in [-0.15, -0.1) is 0 Å². The van der Waals surface area contributed by atoms with E-state index in [1.807, 2.05) is 0 Å². The molecule has 0 amide bonds. The van der Waals surface area contributed by atoms with E-state index in [-0.39, 0.29) is 12.1 Å². The van der Waals surface area contributed by atoms with Gasteiger partial charge in [0.1, 0.15) is 17.7 Å². The molecule has 3 rings (SSSR count). The van der Waals surface area contributed by atoms with E-state index in [0.717, 1.165) is 0 Å². The molecule has 0 aliphatic heterocycles. The number of nitrogens with one attached hydrogen (secondary N) is 1. The van der Waals surface area contributed by atoms with Crippen molar-refractivity contribution in [2.45, 2.75) is 37.8 Å². The van der Waals surface area contributed by atoms with Crippen LogP contribution in [0.25, 0.3) is 22.6 Å². The molecular formula is C22H26Cl2N2O7. The molecule has 4 atom stereocenters. The summed E-state index contributed by atoms with van der Waals surface area (Å²) in [5, 5.41) is 49.6. The number of oxazole rings is 1. The van der Waals surface area contributed by atoms with Crippen LogP contribution in [0.5, 0.6) is 0 Å². The van der Waals surface area contributed by atoms with Crippen LogP contribution in [-0.4, -0.2) is 74.5 Å². The summed E-state index contributed by atoms with van der Waals surface area (Å²) in [5.41, 5.74) is 1.75. The Balaban J connectivity index is 0.000000260. The molecule has 0 radical (unpaired) electrons. The maximum Gasteiger partial charge on any atom is 0.335 e. The topological polar surface area (TPSA) is 156 Å². The second-order valence-electron chi connectivity index (χ2n) is 7.25. The number of benzene rings is 2. The van der Waals surface area contributed by atoms with Crippen LogP contribution in [0.4, 0.5) is 0 Å². The maximum atomic E-state index is 10.9. The van der Waals surface area contributed by atoms with Crippen LogP contribution in [0.1, 0.15) is 23.7 Å². The minimum atomic E-state index is -1.32. The van der Waals surface area contributed by atoms with Gasteiger partial charge in [-0.3, -0.25) is 0 Å². The Morgan fingerprint density at radius 1 is 1.03 bits per heavy atom. The number of hydrogen-bond acceptors (Lipinski definition) is 8. The number of aromatic carboxylic acids is 1.